The SMILES string of the molecule is CC(C)C[C@@H]1NC(=O)O[C@H]1CC(C)(C)C(=O)O.CC(C)C[C@H](NC(=O)OC(C)(C)C)[C@@H]1CC(C)(C)C(=O)O1.CC(C)C[C@H](NC(=O)OCc1ccccc1)[C@@H]1CC(C)(C)C(=O)O1.CCCCNC(=O)[C@@H](N=C([O-])C(F)(F)F)C(C)C.CCCCNC(=O)[C@@H](NC(=O)C(C)(C)C[C@@H](O[Si](C)(C)C(C)(C)C)[C@H](CC(C)C)NC(=O)OC(C)(C)C)C(C)C.CCCCNC(=O)[C@@H](NC(=O)C(C)(C)C[C@@H]1OC(=O)N[C@H]1CC(C)C)C(C)C. The molecule has 1 aromatic rings. The quantitative estimate of drug-likeness (QED) is 0.00721. The van der Waals surface area contributed by atoms with E-state index in [2.05, 4.69) is 175 Å². The summed E-state index contributed by atoms with van der Waals surface area (Å²) >= 11 is 0. The lowest BCUT2D eigenvalue weighted by molar-refractivity contribution is -0.263. The van der Waals surface area contributed by atoms with Gasteiger partial charge in [-0.2, -0.15) is 13.2 Å². The highest BCUT2D eigenvalue weighted by Crippen LogP contribution is 2.42. The molecule has 4 aliphatic rings. The lowest BCUT2D eigenvalue weighted by Crippen LogP contribution is -2.56. The molecule has 11 N–H and O–H groups in total. The van der Waals surface area contributed by atoms with Crippen LogP contribution in [0.5, 0.6) is 0 Å². The summed E-state index contributed by atoms with van der Waals surface area (Å²) < 4.78 is 80.9. The molecule has 1 aromatic carbocycles. The fraction of sp³-hybridized carbons (Fsp3) is 0.818. The van der Waals surface area contributed by atoms with Gasteiger partial charge in [0.05, 0.1) is 58.5 Å². The Bertz CT molecular complexity index is 4290. The summed E-state index contributed by atoms with van der Waals surface area (Å²) in [5.74, 6) is -3.57. The number of alkyl halides is 3. The first kappa shape index (κ1) is 139. The van der Waals surface area contributed by atoms with E-state index in [0.29, 0.717) is 81.8 Å². The summed E-state index contributed by atoms with van der Waals surface area (Å²) in [4.78, 5) is 161. The van der Waals surface area contributed by atoms with Crippen LogP contribution in [0.25, 0.3) is 0 Å². The van der Waals surface area contributed by atoms with Crippen LogP contribution < -0.4 is 58.3 Å². The summed E-state index contributed by atoms with van der Waals surface area (Å²) in [6.07, 6.45) is 2.35. The number of unbranched alkanes of at least 4 members (excludes halogenated alkanes) is 3. The van der Waals surface area contributed by atoms with E-state index in [1.165, 1.54) is 13.8 Å². The standard InChI is InChI=1S/C31H63N3O5Si.C21H39N3O4.C19H27NO4.C16H29NO4.C12H21NO4.C11H19F3N2O2/c1-16-17-18-32-26(35)25(22(4)5)34-27(36)31(12,13)20-24(39-40(14,15)30(9,10)11)23(19-21(2)3)33-28(37)38-29(6,7)8;1-8-9-10-22-18(25)17(14(4)5)24-19(26)21(6,7)12-16-15(11-13(2)3)23-20(27)28-16;1-13(2)10-15(16-11-19(3,4)17(21)24-16)20-18(22)23-12-14-8-6-5-7-9-14;1-10(2)8-11(17-14(19)21-15(3,4)5)12-9-16(6,7)13(18)20-12;1-7(2)5-8-9(17-11(16)13-8)6-12(3,4)10(14)15;1-4-5-6-15-9(17)8(7(2)3)16-10(18)11(12,13)14/h21-25H,16-20H2,1-15H3,(H,32,35)(H,33,37)(H,34,36);13-17H,8-12H2,1-7H3,(H,22,25)(H,23,27)(H,24,26);5-9,13,15-16H,10-12H2,1-4H3,(H,20,22);10-12H,8-9H2,1-7H3,(H,17,19);7-9H,5-6H2,1-4H3,(H,13,16)(H,14,15);7-8H,4-6H2,1-3H3,(H,15,17)(H,16,18)/p-1/t23-,24+,25-;15-,16-,17-;15-,16-;11-,12-;8-,9-;8-/m000000/s1. The first-order chi connectivity index (χ1) is 67.5. The largest absolute Gasteiger partial charge is 0.856 e. The van der Waals surface area contributed by atoms with E-state index in [9.17, 15) is 80.6 Å². The number of rotatable bonds is 47. The molecule has 10 amide bonds. The van der Waals surface area contributed by atoms with Crippen molar-refractivity contribution < 1.29 is 123 Å². The molecule has 0 radical (unpaired) electrons. The molecule has 13 atom stereocenters. The van der Waals surface area contributed by atoms with Crippen molar-refractivity contribution >= 4 is 92.1 Å². The van der Waals surface area contributed by atoms with Gasteiger partial charge in [-0.25, -0.2) is 24.0 Å². The van der Waals surface area contributed by atoms with Gasteiger partial charge in [0.15, 0.2) is 8.32 Å². The average molecular weight is 2130 g/mol. The third-order valence-corrected chi connectivity index (χ3v) is 30.0. The van der Waals surface area contributed by atoms with Crippen molar-refractivity contribution in [2.75, 3.05) is 19.6 Å². The number of hydrogen-bond acceptors (Lipinski definition) is 23. The van der Waals surface area contributed by atoms with Crippen molar-refractivity contribution in [2.45, 2.75) is 487 Å². The van der Waals surface area contributed by atoms with Crippen LogP contribution in [0.15, 0.2) is 35.3 Å². The van der Waals surface area contributed by atoms with Crippen molar-refractivity contribution in [1.29, 1.82) is 0 Å². The summed E-state index contributed by atoms with van der Waals surface area (Å²) in [5, 5.41) is 48.4. The van der Waals surface area contributed by atoms with Crippen LogP contribution in [0.2, 0.25) is 18.1 Å². The molecular weight excluding hydrogens is 1930 g/mol. The minimum atomic E-state index is -5.03. The number of carboxylic acid groups (broad SMARTS) is 1. The third-order valence-electron chi connectivity index (χ3n) is 25.5. The fourth-order valence-electron chi connectivity index (χ4n) is 15.9. The number of carboxylic acids is 1. The van der Waals surface area contributed by atoms with Gasteiger partial charge in [0, 0.05) is 56.1 Å². The number of alkyl carbamates (subject to hydrolysis) is 5. The molecule has 0 saturated carbocycles. The molecule has 4 fully saturated rings. The van der Waals surface area contributed by atoms with Crippen LogP contribution in [0.4, 0.5) is 37.1 Å². The Morgan fingerprint density at radius 2 is 0.858 bits per heavy atom. The molecule has 0 aromatic heterocycles. The number of esters is 2. The number of carbonyl (C=O) groups is 13. The van der Waals surface area contributed by atoms with Gasteiger partial charge in [0.25, 0.3) is 0 Å². The Morgan fingerprint density at radius 3 is 1.18 bits per heavy atom. The molecule has 0 spiro atoms. The number of halogens is 3. The maximum atomic E-state index is 13.7. The summed E-state index contributed by atoms with van der Waals surface area (Å²) in [5.41, 5.74) is -3.76. The van der Waals surface area contributed by atoms with Crippen molar-refractivity contribution in [3.63, 3.8) is 0 Å². The van der Waals surface area contributed by atoms with Crippen molar-refractivity contribution in [2.24, 2.45) is 79.4 Å². The number of hydrogen-bond donors (Lipinski definition) is 11. The second kappa shape index (κ2) is 62.7. The first-order valence-corrected chi connectivity index (χ1v) is 56.4. The molecule has 5 rings (SSSR count). The van der Waals surface area contributed by atoms with Crippen LogP contribution in [0.1, 0.15) is 371 Å². The first-order valence-electron chi connectivity index (χ1n) is 53.5. The summed E-state index contributed by atoms with van der Waals surface area (Å²) in [7, 11) is -2.29. The molecule has 34 nitrogen and oxygen atoms in total. The Hall–Kier alpha value is -9.23. The Morgan fingerprint density at radius 1 is 0.493 bits per heavy atom. The van der Waals surface area contributed by atoms with Gasteiger partial charge in [-0.1, -0.05) is 230 Å². The number of ether oxygens (including phenoxy) is 7. The van der Waals surface area contributed by atoms with Crippen molar-refractivity contribution in [1.82, 2.24) is 53.2 Å². The maximum Gasteiger partial charge on any atom is 0.419 e. The Kier molecular flexibility index (Phi) is 58.8. The number of aliphatic imine (C=N–C) groups is 1. The zero-order valence-electron chi connectivity index (χ0n) is 97.7. The topological polar surface area (TPSA) is 472 Å². The lowest BCUT2D eigenvalue weighted by atomic mass is 9.82. The van der Waals surface area contributed by atoms with Crippen LogP contribution in [-0.2, 0) is 82.5 Å². The minimum Gasteiger partial charge on any atom is -0.856 e. The molecule has 0 bridgehead atoms. The maximum absolute atomic E-state index is 13.7. The monoisotopic (exact) mass is 2130 g/mol. The minimum absolute atomic E-state index is 0.0268. The molecule has 4 saturated heterocycles. The van der Waals surface area contributed by atoms with Gasteiger partial charge >= 0.3 is 54.6 Å². The van der Waals surface area contributed by atoms with E-state index < -0.39 is 131 Å². The number of carbonyl (C=O) groups excluding carboxylic acids is 12. The van der Waals surface area contributed by atoms with Gasteiger partial charge in [0.1, 0.15) is 60.4 Å². The summed E-state index contributed by atoms with van der Waals surface area (Å²) in [6.45, 7) is 79.5. The van der Waals surface area contributed by atoms with Gasteiger partial charge in [-0.15, -0.1) is 0 Å². The van der Waals surface area contributed by atoms with Crippen LogP contribution in [0, 0.1) is 74.4 Å². The van der Waals surface area contributed by atoms with Crippen LogP contribution >= 0.6 is 0 Å². The zero-order valence-corrected chi connectivity index (χ0v) is 98.7. The van der Waals surface area contributed by atoms with E-state index in [0.717, 1.165) is 69.8 Å². The molecule has 4 heterocycles. The Labute approximate surface area is 885 Å². The van der Waals surface area contributed by atoms with Crippen LogP contribution in [-0.4, -0.2) is 213 Å². The molecular formula is C110H197F3N11O23Si-. The third kappa shape index (κ3) is 54.2. The van der Waals surface area contributed by atoms with E-state index in [1.807, 2.05) is 162 Å². The highest BCUT2D eigenvalue weighted by molar-refractivity contribution is 6.74. The molecule has 0 unspecified atom stereocenters. The lowest BCUT2D eigenvalue weighted by Gasteiger charge is -2.44. The second-order valence-electron chi connectivity index (χ2n) is 49.8. The highest BCUT2D eigenvalue weighted by Gasteiger charge is 2.50. The predicted molar refractivity (Wildman–Crippen MR) is 572 cm³/mol. The van der Waals surface area contributed by atoms with Crippen LogP contribution in [0.3, 0.4) is 0 Å². The number of aliphatic carboxylic acids is 1. The average Bonchev–Trinajstić information content (AvgIpc) is 1.48. The van der Waals surface area contributed by atoms with E-state index >= 15 is 0 Å². The summed E-state index contributed by atoms with van der Waals surface area (Å²) in [6, 6.07) is 6.03. The highest BCUT2D eigenvalue weighted by atomic mass is 28.4. The van der Waals surface area contributed by atoms with E-state index in [1.54, 1.807) is 13.8 Å². The van der Waals surface area contributed by atoms with E-state index in [4.69, 9.17) is 42.7 Å². The van der Waals surface area contributed by atoms with Gasteiger partial charge in [0.2, 0.25) is 29.5 Å². The Balaban J connectivity index is 0.00000180. The number of cyclic esters (lactones) is 4. The molecule has 38 heteroatoms. The predicted octanol–water partition coefficient (Wildman–Crippen LogP) is 20.0. The molecule has 4 aliphatic heterocycles. The smallest absolute Gasteiger partial charge is 0.419 e. The van der Waals surface area contributed by atoms with Crippen molar-refractivity contribution in [3.05, 3.63) is 35.9 Å². The zero-order chi connectivity index (χ0) is 115. The molecule has 0 aliphatic carbocycles. The second-order valence-corrected chi connectivity index (χ2v) is 54.6. The van der Waals surface area contributed by atoms with Crippen molar-refractivity contribution in [3.8, 4) is 0 Å². The van der Waals surface area contributed by atoms with E-state index in [-0.39, 0.29) is 120 Å². The van der Waals surface area contributed by atoms with Gasteiger partial charge < -0.3 is 101 Å². The molecule has 148 heavy (non-hydrogen) atoms. The normalized spacial score (nSPS) is 19.3. The number of benzene rings is 1. The van der Waals surface area contributed by atoms with Gasteiger partial charge in [-0.05, 0) is 212 Å². The number of nitrogens with one attached hydrogen (secondary N) is 10. The van der Waals surface area contributed by atoms with Gasteiger partial charge in [-0.3, -0.25) is 43.3 Å². The number of amides is 10. The number of nitrogens with zero attached hydrogens (tertiary/aromatic N) is 1. The fourth-order valence-corrected chi connectivity index (χ4v) is 17.3. The molecule has 856 valence electrons.